The smallest absolute Gasteiger partial charge is 0.146 e. The van der Waals surface area contributed by atoms with E-state index in [0.29, 0.717) is 54.8 Å². The molecule has 6 heteroatoms. The molecule has 0 spiro atoms. The van der Waals surface area contributed by atoms with Crippen LogP contribution in [0.1, 0.15) is 11.1 Å². The van der Waals surface area contributed by atoms with E-state index in [-0.39, 0.29) is 5.82 Å². The lowest BCUT2D eigenvalue weighted by atomic mass is 10.1. The fraction of sp³-hybridized carbons (Fsp3) is 0.278. The average molecular weight is 346 g/mol. The molecule has 1 saturated heterocycles. The first-order valence-corrected chi connectivity index (χ1v) is 8.10. The Hall–Kier alpha value is -2.29. The van der Waals surface area contributed by atoms with Gasteiger partial charge in [-0.2, -0.15) is 5.26 Å². The van der Waals surface area contributed by atoms with Gasteiger partial charge < -0.3 is 15.0 Å². The molecule has 3 rings (SSSR count). The van der Waals surface area contributed by atoms with Crippen molar-refractivity contribution >= 4 is 23.0 Å². The van der Waals surface area contributed by atoms with Crippen LogP contribution >= 0.6 is 11.6 Å². The monoisotopic (exact) mass is 345 g/mol. The number of anilines is 2. The van der Waals surface area contributed by atoms with Gasteiger partial charge in [-0.1, -0.05) is 23.7 Å². The molecule has 0 amide bonds. The molecule has 0 unspecified atom stereocenters. The third-order valence-electron chi connectivity index (χ3n) is 3.97. The molecule has 1 aliphatic heterocycles. The molecule has 0 aliphatic carbocycles. The van der Waals surface area contributed by atoms with Crippen molar-refractivity contribution in [2.75, 3.05) is 36.5 Å². The van der Waals surface area contributed by atoms with Crippen LogP contribution < -0.4 is 10.2 Å². The van der Waals surface area contributed by atoms with Gasteiger partial charge in [0.25, 0.3) is 0 Å². The fourth-order valence-electron chi connectivity index (χ4n) is 2.71. The number of morpholine rings is 1. The molecule has 24 heavy (non-hydrogen) atoms. The van der Waals surface area contributed by atoms with E-state index in [1.165, 1.54) is 6.07 Å². The van der Waals surface area contributed by atoms with E-state index in [1.807, 2.05) is 11.0 Å². The summed E-state index contributed by atoms with van der Waals surface area (Å²) in [4.78, 5) is 1.98. The van der Waals surface area contributed by atoms with Gasteiger partial charge in [0.2, 0.25) is 0 Å². The highest BCUT2D eigenvalue weighted by Crippen LogP contribution is 2.27. The van der Waals surface area contributed by atoms with E-state index in [4.69, 9.17) is 21.6 Å². The summed E-state index contributed by atoms with van der Waals surface area (Å²) < 4.78 is 19.7. The van der Waals surface area contributed by atoms with Crippen LogP contribution in [0.4, 0.5) is 15.8 Å². The van der Waals surface area contributed by atoms with Gasteiger partial charge >= 0.3 is 0 Å². The SMILES string of the molecule is N#Cc1cccc(Cl)c1NCc1ccc(N2CCOCC2)c(F)c1. The number of rotatable bonds is 4. The van der Waals surface area contributed by atoms with Gasteiger partial charge in [-0.25, -0.2) is 4.39 Å². The Morgan fingerprint density at radius 1 is 1.25 bits per heavy atom. The lowest BCUT2D eigenvalue weighted by Crippen LogP contribution is -2.36. The largest absolute Gasteiger partial charge is 0.379 e. The number of nitrogens with zero attached hydrogens (tertiary/aromatic N) is 2. The number of nitriles is 1. The van der Waals surface area contributed by atoms with Crippen LogP contribution in [0.3, 0.4) is 0 Å². The number of hydrogen-bond acceptors (Lipinski definition) is 4. The van der Waals surface area contributed by atoms with Crippen LogP contribution in [0.25, 0.3) is 0 Å². The van der Waals surface area contributed by atoms with Gasteiger partial charge in [-0.05, 0) is 29.8 Å². The van der Waals surface area contributed by atoms with Crippen LogP contribution in [0.5, 0.6) is 0 Å². The maximum atomic E-state index is 14.4. The first-order valence-electron chi connectivity index (χ1n) is 7.72. The van der Waals surface area contributed by atoms with E-state index in [9.17, 15) is 4.39 Å². The normalized spacial score (nSPS) is 14.3. The second kappa shape index (κ2) is 7.52. The van der Waals surface area contributed by atoms with E-state index >= 15 is 0 Å². The second-order valence-corrected chi connectivity index (χ2v) is 5.92. The molecule has 1 fully saturated rings. The summed E-state index contributed by atoms with van der Waals surface area (Å²) >= 11 is 6.13. The lowest BCUT2D eigenvalue weighted by Gasteiger charge is -2.29. The number of hydrogen-bond donors (Lipinski definition) is 1. The van der Waals surface area contributed by atoms with Crippen molar-refractivity contribution in [1.29, 1.82) is 5.26 Å². The molecular weight excluding hydrogens is 329 g/mol. The quantitative estimate of drug-likeness (QED) is 0.915. The zero-order valence-corrected chi connectivity index (χ0v) is 13.8. The third kappa shape index (κ3) is 3.61. The van der Waals surface area contributed by atoms with Crippen molar-refractivity contribution in [1.82, 2.24) is 0 Å². The maximum Gasteiger partial charge on any atom is 0.146 e. The van der Waals surface area contributed by atoms with Gasteiger partial charge in [-0.3, -0.25) is 0 Å². The van der Waals surface area contributed by atoms with Crippen LogP contribution in [-0.4, -0.2) is 26.3 Å². The summed E-state index contributed by atoms with van der Waals surface area (Å²) in [6.07, 6.45) is 0. The van der Waals surface area contributed by atoms with Crippen LogP contribution in [0.2, 0.25) is 5.02 Å². The van der Waals surface area contributed by atoms with Gasteiger partial charge in [0.15, 0.2) is 0 Å². The molecule has 0 atom stereocenters. The highest BCUT2D eigenvalue weighted by Gasteiger charge is 2.15. The zero-order chi connectivity index (χ0) is 16.9. The first kappa shape index (κ1) is 16.6. The lowest BCUT2D eigenvalue weighted by molar-refractivity contribution is 0.122. The molecule has 4 nitrogen and oxygen atoms in total. The van der Waals surface area contributed by atoms with Crippen molar-refractivity contribution in [3.63, 3.8) is 0 Å². The van der Waals surface area contributed by atoms with Crippen LogP contribution in [0.15, 0.2) is 36.4 Å². The first-order chi connectivity index (χ1) is 11.7. The molecule has 1 aliphatic rings. The molecular formula is C18H17ClFN3O. The van der Waals surface area contributed by atoms with Crippen LogP contribution in [-0.2, 0) is 11.3 Å². The number of nitrogens with one attached hydrogen (secondary N) is 1. The molecule has 1 N–H and O–H groups in total. The van der Waals surface area contributed by atoms with Crippen molar-refractivity contribution < 1.29 is 9.13 Å². The molecule has 0 saturated carbocycles. The number of benzene rings is 2. The fourth-order valence-corrected chi connectivity index (χ4v) is 2.95. The standard InChI is InChI=1S/C18H17ClFN3O/c19-15-3-1-2-14(11-21)18(15)22-12-13-4-5-17(16(20)10-13)23-6-8-24-9-7-23/h1-5,10,22H,6-9,12H2. The van der Waals surface area contributed by atoms with Crippen molar-refractivity contribution in [3.05, 3.63) is 58.4 Å². The summed E-state index contributed by atoms with van der Waals surface area (Å²) in [7, 11) is 0. The van der Waals surface area contributed by atoms with Crippen molar-refractivity contribution in [3.8, 4) is 6.07 Å². The Kier molecular flexibility index (Phi) is 5.19. The Labute approximate surface area is 145 Å². The number of ether oxygens (including phenoxy) is 1. The molecule has 0 aromatic heterocycles. The second-order valence-electron chi connectivity index (χ2n) is 5.51. The Balaban J connectivity index is 1.73. The highest BCUT2D eigenvalue weighted by molar-refractivity contribution is 6.33. The van der Waals surface area contributed by atoms with E-state index in [1.54, 1.807) is 24.3 Å². The molecule has 1 heterocycles. The van der Waals surface area contributed by atoms with Crippen molar-refractivity contribution in [2.24, 2.45) is 0 Å². The van der Waals surface area contributed by atoms with Gasteiger partial charge in [0.1, 0.15) is 11.9 Å². The topological polar surface area (TPSA) is 48.3 Å². The summed E-state index contributed by atoms with van der Waals surface area (Å²) in [5.41, 5.74) is 2.41. The third-order valence-corrected chi connectivity index (χ3v) is 4.28. The van der Waals surface area contributed by atoms with E-state index in [0.717, 1.165) is 5.56 Å². The number of halogens is 2. The highest BCUT2D eigenvalue weighted by atomic mass is 35.5. The molecule has 0 bridgehead atoms. The summed E-state index contributed by atoms with van der Waals surface area (Å²) in [6.45, 7) is 3.01. The Morgan fingerprint density at radius 2 is 2.04 bits per heavy atom. The van der Waals surface area contributed by atoms with E-state index in [2.05, 4.69) is 11.4 Å². The predicted octanol–water partition coefficient (Wildman–Crippen LogP) is 3.80. The summed E-state index contributed by atoms with van der Waals surface area (Å²) in [5.74, 6) is -0.254. The zero-order valence-electron chi connectivity index (χ0n) is 13.1. The number of para-hydroxylation sites is 1. The Morgan fingerprint density at radius 3 is 2.75 bits per heavy atom. The molecule has 124 valence electrons. The minimum absolute atomic E-state index is 0.254. The van der Waals surface area contributed by atoms with Crippen molar-refractivity contribution in [2.45, 2.75) is 6.54 Å². The van der Waals surface area contributed by atoms with Gasteiger partial charge in [0, 0.05) is 19.6 Å². The minimum Gasteiger partial charge on any atom is -0.379 e. The predicted molar refractivity (Wildman–Crippen MR) is 92.9 cm³/mol. The van der Waals surface area contributed by atoms with E-state index < -0.39 is 0 Å². The summed E-state index contributed by atoms with van der Waals surface area (Å²) in [6, 6.07) is 12.4. The average Bonchev–Trinajstić information content (AvgIpc) is 2.61. The van der Waals surface area contributed by atoms with Gasteiger partial charge in [-0.15, -0.1) is 0 Å². The Bertz CT molecular complexity index is 769. The maximum absolute atomic E-state index is 14.4. The van der Waals surface area contributed by atoms with Gasteiger partial charge in [0.05, 0.1) is 35.2 Å². The summed E-state index contributed by atoms with van der Waals surface area (Å²) in [5, 5.41) is 12.7. The minimum atomic E-state index is -0.254. The molecule has 0 radical (unpaired) electrons. The molecule has 2 aromatic rings. The molecule has 2 aromatic carbocycles. The van der Waals surface area contributed by atoms with Crippen LogP contribution in [0, 0.1) is 17.1 Å².